The highest BCUT2D eigenvalue weighted by molar-refractivity contribution is 7.92. The highest BCUT2D eigenvalue weighted by Crippen LogP contribution is 2.25. The van der Waals surface area contributed by atoms with Crippen molar-refractivity contribution in [3.8, 4) is 17.4 Å². The SMILES string of the molecule is CC(=O)Nc1ccc(S(=O)(=O)Nc2ccc(Oc3ccc(-n4cccn4)nn3)cc2)c(C)c1. The molecule has 0 bridgehead atoms. The predicted molar refractivity (Wildman–Crippen MR) is 122 cm³/mol. The number of hydrogen-bond donors (Lipinski definition) is 2. The van der Waals surface area contributed by atoms with Gasteiger partial charge in [-0.1, -0.05) is 0 Å². The Morgan fingerprint density at radius 1 is 1.00 bits per heavy atom. The third-order valence-corrected chi connectivity index (χ3v) is 6.02. The van der Waals surface area contributed by atoms with Crippen molar-refractivity contribution < 1.29 is 17.9 Å². The van der Waals surface area contributed by atoms with E-state index in [1.807, 2.05) is 0 Å². The predicted octanol–water partition coefficient (Wildman–Crippen LogP) is 3.52. The molecule has 0 fully saturated rings. The van der Waals surface area contributed by atoms with E-state index in [1.54, 1.807) is 78.6 Å². The number of carbonyl (C=O) groups is 1. The van der Waals surface area contributed by atoms with Crippen LogP contribution in [0.5, 0.6) is 11.6 Å². The molecule has 0 unspecified atom stereocenters. The van der Waals surface area contributed by atoms with Gasteiger partial charge in [-0.3, -0.25) is 9.52 Å². The van der Waals surface area contributed by atoms with E-state index in [0.29, 0.717) is 28.5 Å². The summed E-state index contributed by atoms with van der Waals surface area (Å²) in [7, 11) is -3.82. The smallest absolute Gasteiger partial charge is 0.262 e. The van der Waals surface area contributed by atoms with E-state index >= 15 is 0 Å². The Balaban J connectivity index is 1.43. The average Bonchev–Trinajstić information content (AvgIpc) is 3.30. The van der Waals surface area contributed by atoms with Crippen LogP contribution in [0.2, 0.25) is 0 Å². The summed E-state index contributed by atoms with van der Waals surface area (Å²) in [5.74, 6) is 1.08. The average molecular weight is 465 g/mol. The third kappa shape index (κ3) is 5.33. The highest BCUT2D eigenvalue weighted by atomic mass is 32.2. The summed E-state index contributed by atoms with van der Waals surface area (Å²) in [6.45, 7) is 3.05. The topological polar surface area (TPSA) is 128 Å². The molecule has 2 aromatic carbocycles. The number of nitrogens with zero attached hydrogens (tertiary/aromatic N) is 4. The standard InChI is InChI=1S/C22H20N6O4S/c1-15-14-18(24-16(2)29)6-9-20(15)33(30,31)27-17-4-7-19(8-5-17)32-22-11-10-21(25-26-22)28-13-3-12-23-28/h3-14,27H,1-2H3,(H,24,29). The van der Waals surface area contributed by atoms with Gasteiger partial charge in [0, 0.05) is 36.8 Å². The lowest BCUT2D eigenvalue weighted by molar-refractivity contribution is -0.114. The van der Waals surface area contributed by atoms with Gasteiger partial charge in [0.1, 0.15) is 5.75 Å². The zero-order valence-corrected chi connectivity index (χ0v) is 18.6. The first-order valence-corrected chi connectivity index (χ1v) is 11.3. The van der Waals surface area contributed by atoms with Gasteiger partial charge in [-0.15, -0.1) is 10.2 Å². The molecule has 0 radical (unpaired) electrons. The fraction of sp³-hybridized carbons (Fsp3) is 0.0909. The maximum atomic E-state index is 12.8. The summed E-state index contributed by atoms with van der Waals surface area (Å²) in [6, 6.07) is 16.2. The van der Waals surface area contributed by atoms with Crippen molar-refractivity contribution in [2.24, 2.45) is 0 Å². The van der Waals surface area contributed by atoms with Crippen LogP contribution < -0.4 is 14.8 Å². The zero-order valence-electron chi connectivity index (χ0n) is 17.8. The van der Waals surface area contributed by atoms with Crippen LogP contribution in [0.15, 0.2) is 78.0 Å². The summed E-state index contributed by atoms with van der Waals surface area (Å²) in [6.07, 6.45) is 3.40. The first kappa shape index (κ1) is 22.0. The number of carbonyl (C=O) groups excluding carboxylic acids is 1. The number of aromatic nitrogens is 4. The molecule has 2 N–H and O–H groups in total. The van der Waals surface area contributed by atoms with E-state index in [0.717, 1.165) is 0 Å². The molecule has 0 atom stereocenters. The lowest BCUT2D eigenvalue weighted by atomic mass is 10.2. The Labute approximate surface area is 190 Å². The van der Waals surface area contributed by atoms with Crippen LogP contribution in [-0.4, -0.2) is 34.3 Å². The molecule has 0 aliphatic heterocycles. The Hall–Kier alpha value is -4.25. The summed E-state index contributed by atoms with van der Waals surface area (Å²) >= 11 is 0. The minimum atomic E-state index is -3.82. The third-order valence-electron chi connectivity index (χ3n) is 4.48. The van der Waals surface area contributed by atoms with Crippen LogP contribution >= 0.6 is 0 Å². The lowest BCUT2D eigenvalue weighted by Crippen LogP contribution is -2.14. The fourth-order valence-electron chi connectivity index (χ4n) is 3.05. The number of aryl methyl sites for hydroxylation is 1. The van der Waals surface area contributed by atoms with Gasteiger partial charge in [-0.2, -0.15) is 5.10 Å². The zero-order chi connectivity index (χ0) is 23.4. The summed E-state index contributed by atoms with van der Waals surface area (Å²) in [5.41, 5.74) is 1.40. The molecule has 0 saturated carbocycles. The van der Waals surface area contributed by atoms with Crippen molar-refractivity contribution in [2.75, 3.05) is 10.0 Å². The molecule has 11 heteroatoms. The summed E-state index contributed by atoms with van der Waals surface area (Å²) < 4.78 is 35.4. The second-order valence-electron chi connectivity index (χ2n) is 7.07. The van der Waals surface area contributed by atoms with E-state index < -0.39 is 10.0 Å². The minimum Gasteiger partial charge on any atom is -0.438 e. The molecular formula is C22H20N6O4S. The van der Waals surface area contributed by atoms with Crippen molar-refractivity contribution in [1.29, 1.82) is 0 Å². The second-order valence-corrected chi connectivity index (χ2v) is 8.72. The molecule has 33 heavy (non-hydrogen) atoms. The number of nitrogens with one attached hydrogen (secondary N) is 2. The molecule has 0 saturated heterocycles. The molecule has 2 heterocycles. The van der Waals surface area contributed by atoms with Crippen molar-refractivity contribution >= 4 is 27.3 Å². The van der Waals surface area contributed by atoms with Crippen molar-refractivity contribution in [3.05, 3.63) is 78.6 Å². The van der Waals surface area contributed by atoms with Gasteiger partial charge >= 0.3 is 0 Å². The van der Waals surface area contributed by atoms with Crippen molar-refractivity contribution in [1.82, 2.24) is 20.0 Å². The number of benzene rings is 2. The van der Waals surface area contributed by atoms with E-state index in [-0.39, 0.29) is 16.7 Å². The molecule has 0 aliphatic rings. The van der Waals surface area contributed by atoms with Crippen LogP contribution in [0.4, 0.5) is 11.4 Å². The lowest BCUT2D eigenvalue weighted by Gasteiger charge is -2.12. The van der Waals surface area contributed by atoms with E-state index in [9.17, 15) is 13.2 Å². The van der Waals surface area contributed by atoms with Gasteiger partial charge in [-0.05, 0) is 67.1 Å². The second kappa shape index (κ2) is 9.09. The Morgan fingerprint density at radius 3 is 2.36 bits per heavy atom. The number of anilines is 2. The molecule has 0 spiro atoms. The van der Waals surface area contributed by atoms with Gasteiger partial charge in [0.2, 0.25) is 11.8 Å². The first-order valence-electron chi connectivity index (χ1n) is 9.83. The number of ether oxygens (including phenoxy) is 1. The van der Waals surface area contributed by atoms with Crippen LogP contribution in [-0.2, 0) is 14.8 Å². The Bertz CT molecular complexity index is 1370. The first-order chi connectivity index (χ1) is 15.8. The molecule has 2 aromatic heterocycles. The molecular weight excluding hydrogens is 444 g/mol. The largest absolute Gasteiger partial charge is 0.438 e. The van der Waals surface area contributed by atoms with Crippen LogP contribution in [0.1, 0.15) is 12.5 Å². The van der Waals surface area contributed by atoms with Crippen molar-refractivity contribution in [3.63, 3.8) is 0 Å². The van der Waals surface area contributed by atoms with Gasteiger partial charge in [0.05, 0.1) is 4.90 Å². The minimum absolute atomic E-state index is 0.115. The molecule has 4 rings (SSSR count). The normalized spacial score (nSPS) is 11.1. The molecule has 168 valence electrons. The van der Waals surface area contributed by atoms with Crippen LogP contribution in [0, 0.1) is 6.92 Å². The van der Waals surface area contributed by atoms with Gasteiger partial charge in [-0.25, -0.2) is 13.1 Å². The Kier molecular flexibility index (Phi) is 6.05. The van der Waals surface area contributed by atoms with E-state index in [4.69, 9.17) is 4.74 Å². The summed E-state index contributed by atoms with van der Waals surface area (Å²) in [4.78, 5) is 11.3. The van der Waals surface area contributed by atoms with E-state index in [2.05, 4.69) is 25.3 Å². The van der Waals surface area contributed by atoms with Gasteiger partial charge < -0.3 is 10.1 Å². The maximum absolute atomic E-state index is 12.8. The maximum Gasteiger partial charge on any atom is 0.262 e. The fourth-order valence-corrected chi connectivity index (χ4v) is 4.33. The van der Waals surface area contributed by atoms with Crippen molar-refractivity contribution in [2.45, 2.75) is 18.7 Å². The van der Waals surface area contributed by atoms with Crippen LogP contribution in [0.3, 0.4) is 0 Å². The molecule has 4 aromatic rings. The quantitative estimate of drug-likeness (QED) is 0.428. The number of sulfonamides is 1. The molecule has 0 aliphatic carbocycles. The van der Waals surface area contributed by atoms with E-state index in [1.165, 1.54) is 13.0 Å². The Morgan fingerprint density at radius 2 is 1.76 bits per heavy atom. The van der Waals surface area contributed by atoms with Crippen LogP contribution in [0.25, 0.3) is 5.82 Å². The number of amides is 1. The molecule has 10 nitrogen and oxygen atoms in total. The number of rotatable bonds is 7. The summed E-state index contributed by atoms with van der Waals surface area (Å²) in [5, 5.41) is 14.8. The van der Waals surface area contributed by atoms with Gasteiger partial charge in [0.15, 0.2) is 5.82 Å². The monoisotopic (exact) mass is 464 g/mol. The van der Waals surface area contributed by atoms with Gasteiger partial charge in [0.25, 0.3) is 10.0 Å². The number of hydrogen-bond acceptors (Lipinski definition) is 7. The molecule has 1 amide bonds. The highest BCUT2D eigenvalue weighted by Gasteiger charge is 2.17.